The van der Waals surface area contributed by atoms with Gasteiger partial charge in [-0.2, -0.15) is 0 Å². The summed E-state index contributed by atoms with van der Waals surface area (Å²) in [5.41, 5.74) is 0. The van der Waals surface area contributed by atoms with E-state index >= 15 is 0 Å². The van der Waals surface area contributed by atoms with Gasteiger partial charge < -0.3 is 0 Å². The monoisotopic (exact) mass is 193 g/mol. The Bertz CT molecular complexity index is 231. The Morgan fingerprint density at radius 2 is 1.86 bits per heavy atom. The third-order valence-corrected chi connectivity index (χ3v) is 4.03. The minimum atomic E-state index is 0.454. The lowest BCUT2D eigenvalue weighted by atomic mass is 9.97. The van der Waals surface area contributed by atoms with Crippen LogP contribution in [0.4, 0.5) is 0 Å². The van der Waals surface area contributed by atoms with Crippen molar-refractivity contribution in [1.29, 1.82) is 0 Å². The number of ketones is 1. The van der Waals surface area contributed by atoms with Crippen molar-refractivity contribution in [2.24, 2.45) is 17.8 Å². The first-order valence-electron chi connectivity index (χ1n) is 6.07. The number of carbonyl (C=O) groups is 1. The van der Waals surface area contributed by atoms with Gasteiger partial charge >= 0.3 is 0 Å². The molecule has 78 valence electrons. The fourth-order valence-corrected chi connectivity index (χ4v) is 2.88. The summed E-state index contributed by atoms with van der Waals surface area (Å²) in [5.74, 6) is 3.45. The predicted octanol–water partition coefficient (Wildman–Crippen LogP) is 1.70. The predicted molar refractivity (Wildman–Crippen MR) is 55.0 cm³/mol. The molecular weight excluding hydrogens is 174 g/mol. The van der Waals surface area contributed by atoms with E-state index in [9.17, 15) is 4.79 Å². The zero-order valence-corrected chi connectivity index (χ0v) is 8.74. The summed E-state index contributed by atoms with van der Waals surface area (Å²) >= 11 is 0. The first-order chi connectivity index (χ1) is 6.83. The van der Waals surface area contributed by atoms with Crippen LogP contribution in [0.2, 0.25) is 0 Å². The van der Waals surface area contributed by atoms with Gasteiger partial charge in [0.05, 0.1) is 6.54 Å². The molecule has 0 aromatic rings. The van der Waals surface area contributed by atoms with E-state index in [4.69, 9.17) is 0 Å². The van der Waals surface area contributed by atoms with Crippen molar-refractivity contribution in [3.8, 4) is 0 Å². The highest BCUT2D eigenvalue weighted by Crippen LogP contribution is 2.49. The smallest absolute Gasteiger partial charge is 0.148 e. The van der Waals surface area contributed by atoms with Gasteiger partial charge in [0.2, 0.25) is 0 Å². The standard InChI is InChI=1S/C12H19NO/c14-11-5-6-13(7-11)8-12(9-1-2-9)10-3-4-10/h9-10,12H,1-8H2. The van der Waals surface area contributed by atoms with E-state index in [1.165, 1.54) is 32.2 Å². The normalized spacial score (nSPS) is 29.1. The largest absolute Gasteiger partial charge is 0.298 e. The van der Waals surface area contributed by atoms with Gasteiger partial charge in [0.1, 0.15) is 5.78 Å². The van der Waals surface area contributed by atoms with Crippen LogP contribution in [0.25, 0.3) is 0 Å². The quantitative estimate of drug-likeness (QED) is 0.677. The number of rotatable bonds is 4. The lowest BCUT2D eigenvalue weighted by Crippen LogP contribution is -2.29. The molecule has 3 aliphatic rings. The van der Waals surface area contributed by atoms with Gasteiger partial charge in [-0.05, 0) is 43.4 Å². The average molecular weight is 193 g/mol. The Balaban J connectivity index is 1.55. The van der Waals surface area contributed by atoms with Crippen molar-refractivity contribution < 1.29 is 4.79 Å². The summed E-state index contributed by atoms with van der Waals surface area (Å²) in [6, 6.07) is 0. The fourth-order valence-electron chi connectivity index (χ4n) is 2.88. The van der Waals surface area contributed by atoms with Crippen LogP contribution < -0.4 is 0 Å². The maximum Gasteiger partial charge on any atom is 0.148 e. The van der Waals surface area contributed by atoms with Gasteiger partial charge in [0.15, 0.2) is 0 Å². The molecule has 2 nitrogen and oxygen atoms in total. The maximum absolute atomic E-state index is 11.2. The van der Waals surface area contributed by atoms with E-state index in [0.29, 0.717) is 5.78 Å². The zero-order chi connectivity index (χ0) is 9.54. The van der Waals surface area contributed by atoms with Gasteiger partial charge in [-0.3, -0.25) is 9.69 Å². The molecule has 0 bridgehead atoms. The molecule has 2 saturated carbocycles. The Morgan fingerprint density at radius 1 is 1.21 bits per heavy atom. The van der Waals surface area contributed by atoms with Crippen molar-refractivity contribution in [2.45, 2.75) is 32.1 Å². The van der Waals surface area contributed by atoms with E-state index < -0.39 is 0 Å². The van der Waals surface area contributed by atoms with Crippen LogP contribution in [-0.4, -0.2) is 30.3 Å². The second-order valence-electron chi connectivity index (χ2n) is 5.36. The van der Waals surface area contributed by atoms with Crippen molar-refractivity contribution in [2.75, 3.05) is 19.6 Å². The van der Waals surface area contributed by atoms with Crippen LogP contribution in [0.15, 0.2) is 0 Å². The van der Waals surface area contributed by atoms with Crippen LogP contribution in [-0.2, 0) is 4.79 Å². The molecule has 0 amide bonds. The van der Waals surface area contributed by atoms with Gasteiger partial charge in [-0.15, -0.1) is 0 Å². The Morgan fingerprint density at radius 3 is 2.29 bits per heavy atom. The molecule has 0 spiro atoms. The average Bonchev–Trinajstić information content (AvgIpc) is 3.04. The van der Waals surface area contributed by atoms with Crippen molar-refractivity contribution in [3.05, 3.63) is 0 Å². The van der Waals surface area contributed by atoms with E-state index in [1.54, 1.807) is 0 Å². The van der Waals surface area contributed by atoms with Gasteiger partial charge in [0, 0.05) is 19.5 Å². The SMILES string of the molecule is O=C1CCN(CC(C2CC2)C2CC2)C1. The van der Waals surface area contributed by atoms with E-state index in [0.717, 1.165) is 37.3 Å². The number of hydrogen-bond acceptors (Lipinski definition) is 2. The lowest BCUT2D eigenvalue weighted by molar-refractivity contribution is -0.116. The molecule has 3 rings (SSSR count). The number of Topliss-reactive ketones (excluding diaryl/α,β-unsaturated/α-hetero) is 1. The van der Waals surface area contributed by atoms with E-state index in [-0.39, 0.29) is 0 Å². The molecular formula is C12H19NO. The fraction of sp³-hybridized carbons (Fsp3) is 0.917. The summed E-state index contributed by atoms with van der Waals surface area (Å²) in [6.07, 6.45) is 6.65. The van der Waals surface area contributed by atoms with Crippen LogP contribution in [0.1, 0.15) is 32.1 Å². The van der Waals surface area contributed by atoms with Crippen LogP contribution in [0, 0.1) is 17.8 Å². The molecule has 2 heteroatoms. The first kappa shape index (κ1) is 8.90. The number of carbonyl (C=O) groups excluding carboxylic acids is 1. The van der Waals surface area contributed by atoms with Crippen molar-refractivity contribution in [3.63, 3.8) is 0 Å². The number of hydrogen-bond donors (Lipinski definition) is 0. The minimum Gasteiger partial charge on any atom is -0.298 e. The highest BCUT2D eigenvalue weighted by atomic mass is 16.1. The summed E-state index contributed by atoms with van der Waals surface area (Å²) in [7, 11) is 0. The minimum absolute atomic E-state index is 0.454. The lowest BCUT2D eigenvalue weighted by Gasteiger charge is -2.22. The molecule has 0 aromatic heterocycles. The first-order valence-corrected chi connectivity index (χ1v) is 6.07. The maximum atomic E-state index is 11.2. The number of nitrogens with zero attached hydrogens (tertiary/aromatic N) is 1. The second-order valence-corrected chi connectivity index (χ2v) is 5.36. The highest BCUT2D eigenvalue weighted by molar-refractivity contribution is 5.82. The molecule has 0 aromatic carbocycles. The molecule has 0 unspecified atom stereocenters. The third kappa shape index (κ3) is 1.85. The summed E-state index contributed by atoms with van der Waals surface area (Å²) in [4.78, 5) is 13.6. The van der Waals surface area contributed by atoms with E-state index in [2.05, 4.69) is 4.90 Å². The Kier molecular flexibility index (Phi) is 2.12. The topological polar surface area (TPSA) is 20.3 Å². The molecule has 3 fully saturated rings. The van der Waals surface area contributed by atoms with E-state index in [1.807, 2.05) is 0 Å². The van der Waals surface area contributed by atoms with Gasteiger partial charge in [-0.1, -0.05) is 0 Å². The molecule has 0 atom stereocenters. The molecule has 1 saturated heterocycles. The van der Waals surface area contributed by atoms with Crippen LogP contribution >= 0.6 is 0 Å². The Hall–Kier alpha value is -0.370. The molecule has 1 aliphatic heterocycles. The van der Waals surface area contributed by atoms with Gasteiger partial charge in [-0.25, -0.2) is 0 Å². The Labute approximate surface area is 85.7 Å². The molecule has 1 heterocycles. The molecule has 2 aliphatic carbocycles. The highest BCUT2D eigenvalue weighted by Gasteiger charge is 2.42. The zero-order valence-electron chi connectivity index (χ0n) is 8.74. The summed E-state index contributed by atoms with van der Waals surface area (Å²) in [6.45, 7) is 3.01. The molecule has 0 radical (unpaired) electrons. The summed E-state index contributed by atoms with van der Waals surface area (Å²) < 4.78 is 0. The van der Waals surface area contributed by atoms with Gasteiger partial charge in [0.25, 0.3) is 0 Å². The molecule has 14 heavy (non-hydrogen) atoms. The van der Waals surface area contributed by atoms with Crippen LogP contribution in [0.3, 0.4) is 0 Å². The summed E-state index contributed by atoms with van der Waals surface area (Å²) in [5, 5.41) is 0. The number of likely N-dealkylation sites (tertiary alicyclic amines) is 1. The third-order valence-electron chi connectivity index (χ3n) is 4.03. The van der Waals surface area contributed by atoms with Crippen LogP contribution in [0.5, 0.6) is 0 Å². The second kappa shape index (κ2) is 3.34. The molecule has 0 N–H and O–H groups in total. The van der Waals surface area contributed by atoms with Crippen molar-refractivity contribution >= 4 is 5.78 Å². The van der Waals surface area contributed by atoms with Crippen molar-refractivity contribution in [1.82, 2.24) is 4.90 Å².